The van der Waals surface area contributed by atoms with Crippen molar-refractivity contribution < 1.29 is 19.4 Å². The zero-order valence-electron chi connectivity index (χ0n) is 25.4. The fraction of sp³-hybridized carbons (Fsp3) is 0.429. The second-order valence-corrected chi connectivity index (χ2v) is 12.6. The molecule has 1 unspecified atom stereocenters. The molecule has 10 nitrogen and oxygen atoms in total. The Hall–Kier alpha value is -4.60. The highest BCUT2D eigenvalue weighted by Gasteiger charge is 2.34. The van der Waals surface area contributed by atoms with Crippen LogP contribution in [0.5, 0.6) is 0 Å². The molecule has 2 saturated heterocycles. The monoisotopic (exact) mass is 608 g/mol. The van der Waals surface area contributed by atoms with Crippen LogP contribution in [-0.2, 0) is 11.3 Å². The lowest BCUT2D eigenvalue weighted by Crippen LogP contribution is -2.31. The van der Waals surface area contributed by atoms with Crippen LogP contribution in [0, 0.1) is 0 Å². The predicted octanol–water partition coefficient (Wildman–Crippen LogP) is 7.53. The summed E-state index contributed by atoms with van der Waals surface area (Å²) in [6, 6.07) is 18.3. The van der Waals surface area contributed by atoms with Crippen molar-refractivity contribution in [3.05, 3.63) is 95.3 Å². The van der Waals surface area contributed by atoms with Crippen molar-refractivity contribution in [1.82, 2.24) is 29.7 Å². The van der Waals surface area contributed by atoms with Gasteiger partial charge in [0.15, 0.2) is 0 Å². The van der Waals surface area contributed by atoms with Crippen LogP contribution in [0.3, 0.4) is 0 Å². The summed E-state index contributed by atoms with van der Waals surface area (Å²) in [6.07, 6.45) is 10.5. The first-order valence-corrected chi connectivity index (χ1v) is 16.2. The van der Waals surface area contributed by atoms with Crippen LogP contribution in [-0.4, -0.2) is 60.1 Å². The first-order chi connectivity index (χ1) is 22.0. The topological polar surface area (TPSA) is 127 Å². The van der Waals surface area contributed by atoms with Gasteiger partial charge in [-0.3, -0.25) is 9.80 Å². The van der Waals surface area contributed by atoms with E-state index < -0.39 is 6.09 Å². The van der Waals surface area contributed by atoms with Gasteiger partial charge in [-0.25, -0.2) is 19.6 Å². The van der Waals surface area contributed by atoms with Crippen LogP contribution in [0.25, 0.3) is 11.4 Å². The Morgan fingerprint density at radius 2 is 1.47 bits per heavy atom. The van der Waals surface area contributed by atoms with Gasteiger partial charge in [-0.1, -0.05) is 54.6 Å². The first-order valence-electron chi connectivity index (χ1n) is 16.2. The van der Waals surface area contributed by atoms with Crippen LogP contribution in [0.1, 0.15) is 104 Å². The van der Waals surface area contributed by atoms with Crippen molar-refractivity contribution >= 4 is 12.2 Å². The number of H-pyrrole nitrogens is 2. The standard InChI is InChI=1S/C35H40N6O4/c42-34(43)40-18-5-9-31(40)33-37-20-28(38-33)26-14-10-24(11-15-26)25-12-16-27(17-13-25)32-36-21-29(39-32)30-8-4-19-41(30)35(44)45-22-23-6-2-1-3-7-23/h1-3,6-7,12-13,16-17,20-21,24,26,30-31H,4-5,8-11,14-15,18-19,22H2,(H,36,39)(H,37,38)(H,42,43)/t24?,26?,30-,31?/m0/s1. The van der Waals surface area contributed by atoms with E-state index in [9.17, 15) is 14.7 Å². The Morgan fingerprint density at radius 1 is 0.778 bits per heavy atom. The van der Waals surface area contributed by atoms with Gasteiger partial charge in [0.2, 0.25) is 0 Å². The van der Waals surface area contributed by atoms with E-state index in [1.165, 1.54) is 10.5 Å². The van der Waals surface area contributed by atoms with Crippen molar-refractivity contribution in [3.63, 3.8) is 0 Å². The molecule has 2 aromatic carbocycles. The molecule has 45 heavy (non-hydrogen) atoms. The van der Waals surface area contributed by atoms with Crippen molar-refractivity contribution in [2.45, 2.75) is 81.9 Å². The summed E-state index contributed by atoms with van der Waals surface area (Å²) in [5, 5.41) is 9.50. The van der Waals surface area contributed by atoms with Gasteiger partial charge in [-0.15, -0.1) is 0 Å². The Morgan fingerprint density at radius 3 is 2.22 bits per heavy atom. The zero-order valence-corrected chi connectivity index (χ0v) is 25.4. The molecule has 4 heterocycles. The highest BCUT2D eigenvalue weighted by Crippen LogP contribution is 2.41. The number of amides is 2. The zero-order chi connectivity index (χ0) is 30.8. The Kier molecular flexibility index (Phi) is 8.28. The molecular weight excluding hydrogens is 568 g/mol. The number of ether oxygens (including phenoxy) is 1. The van der Waals surface area contributed by atoms with E-state index in [4.69, 9.17) is 4.74 Å². The van der Waals surface area contributed by atoms with Crippen molar-refractivity contribution in [3.8, 4) is 11.4 Å². The third kappa shape index (κ3) is 6.18. The molecule has 234 valence electrons. The number of hydrogen-bond donors (Lipinski definition) is 3. The van der Waals surface area contributed by atoms with E-state index in [-0.39, 0.29) is 24.8 Å². The lowest BCUT2D eigenvalue weighted by molar-refractivity contribution is 0.0915. The average molecular weight is 609 g/mol. The molecule has 1 saturated carbocycles. The van der Waals surface area contributed by atoms with E-state index in [2.05, 4.69) is 44.2 Å². The molecule has 0 spiro atoms. The number of likely N-dealkylation sites (tertiary alicyclic amines) is 2. The van der Waals surface area contributed by atoms with Gasteiger partial charge in [0, 0.05) is 36.5 Å². The number of aromatic nitrogens is 4. The maximum absolute atomic E-state index is 12.9. The molecule has 2 amide bonds. The molecule has 4 aromatic rings. The van der Waals surface area contributed by atoms with Crippen LogP contribution < -0.4 is 0 Å². The minimum atomic E-state index is -0.869. The summed E-state index contributed by atoms with van der Waals surface area (Å²) in [5.41, 5.74) is 5.42. The second kappa shape index (κ2) is 12.8. The highest BCUT2D eigenvalue weighted by atomic mass is 16.6. The minimum Gasteiger partial charge on any atom is -0.465 e. The number of carbonyl (C=O) groups is 2. The van der Waals surface area contributed by atoms with Gasteiger partial charge in [0.1, 0.15) is 18.3 Å². The fourth-order valence-electron chi connectivity index (χ4n) is 7.42. The number of imidazole rings is 2. The molecule has 2 aromatic heterocycles. The molecule has 0 bridgehead atoms. The SMILES string of the molecule is O=C(O)N1CCCC1c1ncc(C2CCC(c3ccc(-c4ncc([C@@H]5CCCN5C(=O)OCc5ccccc5)[nH]4)cc3)CC2)[nH]1. The van der Waals surface area contributed by atoms with Crippen molar-refractivity contribution in [2.24, 2.45) is 0 Å². The van der Waals surface area contributed by atoms with Crippen molar-refractivity contribution in [1.29, 1.82) is 0 Å². The maximum atomic E-state index is 12.9. The summed E-state index contributed by atoms with van der Waals surface area (Å²) < 4.78 is 5.62. The maximum Gasteiger partial charge on any atom is 0.410 e. The molecule has 10 heteroatoms. The molecule has 3 aliphatic rings. The Labute approximate surface area is 262 Å². The van der Waals surface area contributed by atoms with Gasteiger partial charge in [0.25, 0.3) is 0 Å². The Bertz CT molecular complexity index is 1610. The quantitative estimate of drug-likeness (QED) is 0.199. The van der Waals surface area contributed by atoms with Crippen LogP contribution in [0.15, 0.2) is 67.0 Å². The molecule has 1 aliphatic carbocycles. The summed E-state index contributed by atoms with van der Waals surface area (Å²) in [5.74, 6) is 2.53. The number of nitrogens with zero attached hydrogens (tertiary/aromatic N) is 4. The number of carboxylic acid groups (broad SMARTS) is 1. The van der Waals surface area contributed by atoms with Crippen LogP contribution >= 0.6 is 0 Å². The number of hydrogen-bond acceptors (Lipinski definition) is 5. The molecule has 3 N–H and O–H groups in total. The molecule has 3 fully saturated rings. The van der Waals surface area contributed by atoms with Gasteiger partial charge in [-0.05, 0) is 68.4 Å². The summed E-state index contributed by atoms with van der Waals surface area (Å²) in [6.45, 7) is 1.52. The number of benzene rings is 2. The fourth-order valence-corrected chi connectivity index (χ4v) is 7.42. The van der Waals surface area contributed by atoms with E-state index in [0.717, 1.165) is 85.5 Å². The highest BCUT2D eigenvalue weighted by molar-refractivity contribution is 5.69. The second-order valence-electron chi connectivity index (χ2n) is 12.6. The third-order valence-electron chi connectivity index (χ3n) is 9.90. The molecule has 0 radical (unpaired) electrons. The van der Waals surface area contributed by atoms with Gasteiger partial charge in [-0.2, -0.15) is 0 Å². The number of carbonyl (C=O) groups excluding carboxylic acids is 1. The predicted molar refractivity (Wildman–Crippen MR) is 169 cm³/mol. The van der Waals surface area contributed by atoms with Crippen LogP contribution in [0.4, 0.5) is 9.59 Å². The van der Waals surface area contributed by atoms with Gasteiger partial charge < -0.3 is 19.8 Å². The Balaban J connectivity index is 0.938. The smallest absolute Gasteiger partial charge is 0.410 e. The average Bonchev–Trinajstić information content (AvgIpc) is 3.90. The van der Waals surface area contributed by atoms with Crippen molar-refractivity contribution in [2.75, 3.05) is 13.1 Å². The van der Waals surface area contributed by atoms with Gasteiger partial charge in [0.05, 0.1) is 24.0 Å². The van der Waals surface area contributed by atoms with Crippen LogP contribution in [0.2, 0.25) is 0 Å². The third-order valence-corrected chi connectivity index (χ3v) is 9.90. The lowest BCUT2D eigenvalue weighted by Gasteiger charge is -2.28. The number of nitrogens with one attached hydrogen (secondary N) is 2. The van der Waals surface area contributed by atoms with E-state index in [1.807, 2.05) is 47.6 Å². The number of aromatic amines is 2. The summed E-state index contributed by atoms with van der Waals surface area (Å²) in [7, 11) is 0. The molecule has 2 aliphatic heterocycles. The van der Waals surface area contributed by atoms with Gasteiger partial charge >= 0.3 is 12.2 Å². The largest absolute Gasteiger partial charge is 0.465 e. The molecular formula is C35H40N6O4. The minimum absolute atomic E-state index is 0.0656. The summed E-state index contributed by atoms with van der Waals surface area (Å²) >= 11 is 0. The molecule has 2 atom stereocenters. The normalized spacial score (nSPS) is 23.4. The lowest BCUT2D eigenvalue weighted by atomic mass is 9.77. The summed E-state index contributed by atoms with van der Waals surface area (Å²) in [4.78, 5) is 44.0. The first kappa shape index (κ1) is 29.1. The van der Waals surface area contributed by atoms with E-state index in [0.29, 0.717) is 24.9 Å². The van der Waals surface area contributed by atoms with E-state index in [1.54, 1.807) is 0 Å². The number of rotatable bonds is 7. The van der Waals surface area contributed by atoms with E-state index >= 15 is 0 Å². The molecule has 7 rings (SSSR count).